The third-order valence-corrected chi connectivity index (χ3v) is 2.91. The van der Waals surface area contributed by atoms with Gasteiger partial charge in [-0.05, 0) is 13.8 Å². The van der Waals surface area contributed by atoms with Gasteiger partial charge >= 0.3 is 0 Å². The van der Waals surface area contributed by atoms with Crippen LogP contribution in [0, 0.1) is 5.41 Å². The normalized spacial score (nSPS) is 11.2. The number of aromatic nitrogens is 5. The van der Waals surface area contributed by atoms with Crippen molar-refractivity contribution in [1.29, 1.82) is 0 Å². The van der Waals surface area contributed by atoms with Crippen molar-refractivity contribution in [3.8, 4) is 5.95 Å². The predicted molar refractivity (Wildman–Crippen MR) is 77.7 cm³/mol. The Morgan fingerprint density at radius 3 is 2.76 bits per heavy atom. The van der Waals surface area contributed by atoms with Crippen LogP contribution >= 0.6 is 0 Å². The molecule has 0 spiro atoms. The molecule has 0 aromatic carbocycles. The molecule has 0 fully saturated rings. The van der Waals surface area contributed by atoms with Crippen molar-refractivity contribution in [3.05, 3.63) is 18.7 Å². The van der Waals surface area contributed by atoms with Gasteiger partial charge in [-0.2, -0.15) is 15.0 Å². The molecule has 2 aromatic rings. The van der Waals surface area contributed by atoms with Crippen molar-refractivity contribution in [2.75, 3.05) is 24.6 Å². The quantitative estimate of drug-likeness (QED) is 0.698. The first-order chi connectivity index (χ1) is 9.92. The van der Waals surface area contributed by atoms with Crippen LogP contribution in [0.1, 0.15) is 13.8 Å². The Morgan fingerprint density at radius 2 is 2.14 bits per heavy atom. The Morgan fingerprint density at radius 1 is 1.38 bits per heavy atom. The van der Waals surface area contributed by atoms with Crippen LogP contribution in [0.2, 0.25) is 0 Å². The summed E-state index contributed by atoms with van der Waals surface area (Å²) in [5.41, 5.74) is 5.07. The molecule has 0 atom stereocenters. The van der Waals surface area contributed by atoms with Gasteiger partial charge in [0.15, 0.2) is 0 Å². The van der Waals surface area contributed by atoms with Gasteiger partial charge in [-0.3, -0.25) is 9.36 Å². The van der Waals surface area contributed by atoms with E-state index in [9.17, 15) is 4.79 Å². The molecule has 9 heteroatoms. The number of nitrogen functional groups attached to an aromatic ring is 1. The van der Waals surface area contributed by atoms with E-state index in [1.807, 2.05) is 13.8 Å². The summed E-state index contributed by atoms with van der Waals surface area (Å²) in [6.07, 6.45) is 4.88. The third kappa shape index (κ3) is 3.44. The summed E-state index contributed by atoms with van der Waals surface area (Å²) in [6, 6.07) is 0. The van der Waals surface area contributed by atoms with Crippen molar-refractivity contribution in [1.82, 2.24) is 29.8 Å². The number of nitrogens with zero attached hydrogens (tertiary/aromatic N) is 5. The van der Waals surface area contributed by atoms with E-state index in [1.165, 1.54) is 0 Å². The van der Waals surface area contributed by atoms with E-state index in [2.05, 4.69) is 30.6 Å². The monoisotopic (exact) mass is 290 g/mol. The van der Waals surface area contributed by atoms with E-state index in [0.29, 0.717) is 18.4 Å². The molecule has 0 saturated carbocycles. The molecular formula is C12H18N8O. The molecule has 21 heavy (non-hydrogen) atoms. The standard InChI is InChI=1S/C12H18N8O/c1-12(2,8(21)14-3)6-16-10-17-9(13)18-11(19-10)20-5-4-15-7-20/h4-5,7H,6H2,1-3H3,(H,14,21)(H3,13,16,17,18,19). The lowest BCUT2D eigenvalue weighted by Crippen LogP contribution is -2.39. The van der Waals surface area contributed by atoms with Gasteiger partial charge in [-0.1, -0.05) is 0 Å². The summed E-state index contributed by atoms with van der Waals surface area (Å²) < 4.78 is 1.62. The lowest BCUT2D eigenvalue weighted by atomic mass is 9.92. The fraction of sp³-hybridized carbons (Fsp3) is 0.417. The number of carbonyl (C=O) groups excluding carboxylic acids is 1. The summed E-state index contributed by atoms with van der Waals surface area (Å²) in [7, 11) is 1.60. The van der Waals surface area contributed by atoms with Crippen LogP contribution in [0.15, 0.2) is 18.7 Å². The number of carbonyl (C=O) groups is 1. The Bertz CT molecular complexity index is 622. The van der Waals surface area contributed by atoms with Crippen molar-refractivity contribution in [2.45, 2.75) is 13.8 Å². The highest BCUT2D eigenvalue weighted by molar-refractivity contribution is 5.82. The van der Waals surface area contributed by atoms with Crippen molar-refractivity contribution in [3.63, 3.8) is 0 Å². The van der Waals surface area contributed by atoms with Gasteiger partial charge in [0.1, 0.15) is 6.33 Å². The zero-order valence-electron chi connectivity index (χ0n) is 12.2. The van der Waals surface area contributed by atoms with Gasteiger partial charge in [0.25, 0.3) is 0 Å². The molecule has 0 unspecified atom stereocenters. The number of hydrogen-bond acceptors (Lipinski definition) is 7. The van der Waals surface area contributed by atoms with Gasteiger partial charge in [0.2, 0.25) is 23.8 Å². The summed E-state index contributed by atoms with van der Waals surface area (Å²) >= 11 is 0. The van der Waals surface area contributed by atoms with Gasteiger partial charge in [0.05, 0.1) is 5.41 Å². The molecule has 0 aliphatic rings. The molecule has 4 N–H and O–H groups in total. The van der Waals surface area contributed by atoms with Crippen LogP contribution in [0.25, 0.3) is 5.95 Å². The topological polar surface area (TPSA) is 124 Å². The minimum absolute atomic E-state index is 0.0770. The Hall–Kier alpha value is -2.71. The highest BCUT2D eigenvalue weighted by Crippen LogP contribution is 2.16. The van der Waals surface area contributed by atoms with Crippen molar-refractivity contribution < 1.29 is 4.79 Å². The van der Waals surface area contributed by atoms with Gasteiger partial charge in [-0.15, -0.1) is 0 Å². The molecule has 0 saturated heterocycles. The second-order valence-electron chi connectivity index (χ2n) is 5.10. The van der Waals surface area contributed by atoms with Gasteiger partial charge < -0.3 is 16.4 Å². The van der Waals surface area contributed by atoms with Gasteiger partial charge in [-0.25, -0.2) is 4.98 Å². The summed E-state index contributed by atoms with van der Waals surface area (Å²) in [4.78, 5) is 27.9. The molecule has 2 heterocycles. The number of rotatable bonds is 5. The minimum Gasteiger partial charge on any atom is -0.368 e. The molecule has 2 rings (SSSR count). The van der Waals surface area contributed by atoms with Crippen LogP contribution in [0.3, 0.4) is 0 Å². The van der Waals surface area contributed by atoms with Crippen LogP contribution in [0.4, 0.5) is 11.9 Å². The lowest BCUT2D eigenvalue weighted by Gasteiger charge is -2.22. The number of nitrogens with two attached hydrogens (primary N) is 1. The molecule has 9 nitrogen and oxygen atoms in total. The van der Waals surface area contributed by atoms with E-state index in [1.54, 1.807) is 30.3 Å². The largest absolute Gasteiger partial charge is 0.368 e. The second kappa shape index (κ2) is 5.73. The fourth-order valence-corrected chi connectivity index (χ4v) is 1.67. The predicted octanol–water partition coefficient (Wildman–Crippen LogP) is -0.176. The Labute approximate surface area is 122 Å². The van der Waals surface area contributed by atoms with E-state index in [4.69, 9.17) is 5.73 Å². The van der Waals surface area contributed by atoms with Crippen molar-refractivity contribution >= 4 is 17.8 Å². The lowest BCUT2D eigenvalue weighted by molar-refractivity contribution is -0.128. The molecule has 112 valence electrons. The molecule has 0 aliphatic carbocycles. The number of nitrogens with one attached hydrogen (secondary N) is 2. The maximum Gasteiger partial charge on any atom is 0.241 e. The minimum atomic E-state index is -0.606. The molecule has 1 amide bonds. The number of anilines is 2. The average Bonchev–Trinajstić information content (AvgIpc) is 2.98. The zero-order valence-corrected chi connectivity index (χ0v) is 12.2. The summed E-state index contributed by atoms with van der Waals surface area (Å²) in [5.74, 6) is 0.684. The van der Waals surface area contributed by atoms with Crippen LogP contribution in [-0.2, 0) is 4.79 Å². The molecule has 0 bridgehead atoms. The van der Waals surface area contributed by atoms with Crippen LogP contribution < -0.4 is 16.4 Å². The van der Waals surface area contributed by atoms with Crippen LogP contribution in [0.5, 0.6) is 0 Å². The first-order valence-corrected chi connectivity index (χ1v) is 6.38. The third-order valence-electron chi connectivity index (χ3n) is 2.91. The smallest absolute Gasteiger partial charge is 0.241 e. The molecule has 0 aliphatic heterocycles. The second-order valence-corrected chi connectivity index (χ2v) is 5.10. The molecular weight excluding hydrogens is 272 g/mol. The van der Waals surface area contributed by atoms with Crippen LogP contribution in [-0.4, -0.2) is 44.0 Å². The van der Waals surface area contributed by atoms with E-state index >= 15 is 0 Å². The number of amides is 1. The summed E-state index contributed by atoms with van der Waals surface area (Å²) in [6.45, 7) is 4.00. The average molecular weight is 290 g/mol. The zero-order chi connectivity index (χ0) is 15.5. The fourth-order valence-electron chi connectivity index (χ4n) is 1.67. The Kier molecular flexibility index (Phi) is 4.01. The maximum absolute atomic E-state index is 11.7. The highest BCUT2D eigenvalue weighted by atomic mass is 16.2. The number of hydrogen-bond donors (Lipinski definition) is 3. The highest BCUT2D eigenvalue weighted by Gasteiger charge is 2.26. The Balaban J connectivity index is 2.16. The maximum atomic E-state index is 11.7. The number of imidazole rings is 1. The SMILES string of the molecule is CNC(=O)C(C)(C)CNc1nc(N)nc(-n2ccnc2)n1. The molecule has 0 radical (unpaired) electrons. The van der Waals surface area contributed by atoms with Gasteiger partial charge in [0, 0.05) is 26.0 Å². The first kappa shape index (κ1) is 14.7. The molecule has 2 aromatic heterocycles. The summed E-state index contributed by atoms with van der Waals surface area (Å²) in [5, 5.41) is 5.62. The van der Waals surface area contributed by atoms with E-state index in [0.717, 1.165) is 0 Å². The first-order valence-electron chi connectivity index (χ1n) is 6.38. The van der Waals surface area contributed by atoms with Crippen molar-refractivity contribution in [2.24, 2.45) is 5.41 Å². The van der Waals surface area contributed by atoms with E-state index < -0.39 is 5.41 Å². The van der Waals surface area contributed by atoms with E-state index in [-0.39, 0.29) is 11.9 Å².